The van der Waals surface area contributed by atoms with Crippen molar-refractivity contribution in [3.63, 3.8) is 0 Å². The highest BCUT2D eigenvalue weighted by molar-refractivity contribution is 5.79. The van der Waals surface area contributed by atoms with Crippen LogP contribution in [0.2, 0.25) is 0 Å². The number of aromatic nitrogens is 2. The molecule has 0 aliphatic carbocycles. The smallest absolute Gasteiger partial charge is 0.258 e. The third kappa shape index (κ3) is 4.59. The molecule has 7 heteroatoms. The van der Waals surface area contributed by atoms with Crippen molar-refractivity contribution in [3.8, 4) is 16.9 Å². The number of hydrogen-bond acceptors (Lipinski definition) is 4. The van der Waals surface area contributed by atoms with E-state index in [1.807, 2.05) is 25.4 Å². The normalized spacial score (nSPS) is 14.0. The van der Waals surface area contributed by atoms with Gasteiger partial charge in [-0.3, -0.25) is 14.3 Å². The summed E-state index contributed by atoms with van der Waals surface area (Å²) < 4.78 is 7.25. The first-order valence-corrected chi connectivity index (χ1v) is 8.29. The summed E-state index contributed by atoms with van der Waals surface area (Å²) in [4.78, 5) is 25.1. The van der Waals surface area contributed by atoms with Gasteiger partial charge in [0.05, 0.1) is 6.20 Å². The minimum atomic E-state index is -0.210. The highest BCUT2D eigenvalue weighted by Gasteiger charge is 2.19. The molecule has 0 spiro atoms. The van der Waals surface area contributed by atoms with Crippen LogP contribution in [0.4, 0.5) is 0 Å². The molecule has 0 bridgehead atoms. The lowest BCUT2D eigenvalue weighted by atomic mass is 10.1. The van der Waals surface area contributed by atoms with E-state index in [-0.39, 0.29) is 18.4 Å². The highest BCUT2D eigenvalue weighted by atomic mass is 16.5. The van der Waals surface area contributed by atoms with E-state index in [9.17, 15) is 9.59 Å². The van der Waals surface area contributed by atoms with Crippen molar-refractivity contribution in [1.29, 1.82) is 0 Å². The molecule has 25 heavy (non-hydrogen) atoms. The molecule has 1 N–H and O–H groups in total. The number of aryl methyl sites for hydroxylation is 1. The summed E-state index contributed by atoms with van der Waals surface area (Å²) in [6.07, 6.45) is 5.18. The Hall–Kier alpha value is -2.83. The van der Waals surface area contributed by atoms with Gasteiger partial charge in [-0.15, -0.1) is 0 Å². The van der Waals surface area contributed by atoms with Gasteiger partial charge in [-0.05, 0) is 36.2 Å². The van der Waals surface area contributed by atoms with Crippen LogP contribution in [0.25, 0.3) is 11.1 Å². The van der Waals surface area contributed by atoms with Crippen LogP contribution in [0.5, 0.6) is 5.75 Å². The molecule has 0 saturated carbocycles. The predicted molar refractivity (Wildman–Crippen MR) is 91.8 cm³/mol. The lowest BCUT2D eigenvalue weighted by Crippen LogP contribution is -2.37. The Kier molecular flexibility index (Phi) is 5.33. The molecule has 2 aromatic rings. The van der Waals surface area contributed by atoms with Crippen molar-refractivity contribution in [2.24, 2.45) is 7.05 Å². The van der Waals surface area contributed by atoms with E-state index in [1.165, 1.54) is 0 Å². The van der Waals surface area contributed by atoms with Crippen molar-refractivity contribution >= 4 is 11.8 Å². The van der Waals surface area contributed by atoms with E-state index < -0.39 is 0 Å². The van der Waals surface area contributed by atoms with Crippen molar-refractivity contribution in [1.82, 2.24) is 20.0 Å². The van der Waals surface area contributed by atoms with Crippen molar-refractivity contribution in [3.05, 3.63) is 36.7 Å². The Morgan fingerprint density at radius 3 is 3.00 bits per heavy atom. The second-order valence-electron chi connectivity index (χ2n) is 5.98. The van der Waals surface area contributed by atoms with Crippen LogP contribution in [-0.2, 0) is 16.6 Å². The Balaban J connectivity index is 1.45. The number of hydrogen-bond donors (Lipinski definition) is 1. The maximum Gasteiger partial charge on any atom is 0.258 e. The molecule has 1 aliphatic heterocycles. The number of likely N-dealkylation sites (tertiary alicyclic amines) is 1. The Labute approximate surface area is 146 Å². The quantitative estimate of drug-likeness (QED) is 0.815. The Morgan fingerprint density at radius 2 is 2.28 bits per heavy atom. The fourth-order valence-corrected chi connectivity index (χ4v) is 2.74. The van der Waals surface area contributed by atoms with E-state index in [0.717, 1.165) is 24.1 Å². The number of ether oxygens (including phenoxy) is 1. The van der Waals surface area contributed by atoms with E-state index in [4.69, 9.17) is 4.74 Å². The molecule has 1 aromatic heterocycles. The van der Waals surface area contributed by atoms with Gasteiger partial charge in [0.2, 0.25) is 5.91 Å². The second-order valence-corrected chi connectivity index (χ2v) is 5.98. The summed E-state index contributed by atoms with van der Waals surface area (Å²) in [7, 11) is 1.85. The van der Waals surface area contributed by atoms with Gasteiger partial charge < -0.3 is 15.0 Å². The minimum Gasteiger partial charge on any atom is -0.484 e. The van der Waals surface area contributed by atoms with Gasteiger partial charge in [0, 0.05) is 44.9 Å². The van der Waals surface area contributed by atoms with Crippen LogP contribution < -0.4 is 10.1 Å². The maximum absolute atomic E-state index is 11.9. The SMILES string of the molecule is Cn1cc(-c2c[c]cc(OCC(=O)NCCN3CCCC3=O)c2)cn1. The zero-order valence-electron chi connectivity index (χ0n) is 14.2. The molecule has 131 valence electrons. The molecule has 1 aliphatic rings. The molecule has 1 radical (unpaired) electrons. The Morgan fingerprint density at radius 1 is 1.40 bits per heavy atom. The highest BCUT2D eigenvalue weighted by Crippen LogP contribution is 2.22. The third-order valence-electron chi connectivity index (χ3n) is 4.05. The first-order valence-electron chi connectivity index (χ1n) is 8.29. The Bertz CT molecular complexity index is 756. The average Bonchev–Trinajstić information content (AvgIpc) is 3.22. The summed E-state index contributed by atoms with van der Waals surface area (Å²) >= 11 is 0. The molecule has 0 atom stereocenters. The predicted octanol–water partition coefficient (Wildman–Crippen LogP) is 1.00. The maximum atomic E-state index is 11.9. The number of nitrogens with zero attached hydrogens (tertiary/aromatic N) is 3. The first kappa shape index (κ1) is 17.0. The fourth-order valence-electron chi connectivity index (χ4n) is 2.74. The van der Waals surface area contributed by atoms with Gasteiger partial charge in [-0.1, -0.05) is 0 Å². The van der Waals surface area contributed by atoms with Crippen LogP contribution in [-0.4, -0.2) is 52.7 Å². The number of carbonyl (C=O) groups is 2. The molecule has 3 rings (SSSR count). The molecule has 2 amide bonds. The molecule has 1 fully saturated rings. The standard InChI is InChI=1S/C18H21N4O3/c1-21-12-15(11-20-21)14-4-2-5-16(10-14)25-13-17(23)19-7-9-22-8-3-6-18(22)24/h4-5,10-12H,3,6-9,13H2,1H3,(H,19,23). The summed E-state index contributed by atoms with van der Waals surface area (Å²) in [5.74, 6) is 0.526. The third-order valence-corrected chi connectivity index (χ3v) is 4.05. The number of nitrogens with one attached hydrogen (secondary N) is 1. The fraction of sp³-hybridized carbons (Fsp3) is 0.389. The average molecular weight is 341 g/mol. The summed E-state index contributed by atoms with van der Waals surface area (Å²) in [6, 6.07) is 8.39. The number of rotatable bonds is 7. The van der Waals surface area contributed by atoms with Gasteiger partial charge in [0.15, 0.2) is 6.61 Å². The minimum absolute atomic E-state index is 0.0712. The molecule has 2 heterocycles. The van der Waals surface area contributed by atoms with E-state index in [0.29, 0.717) is 25.3 Å². The van der Waals surface area contributed by atoms with E-state index in [1.54, 1.807) is 21.8 Å². The van der Waals surface area contributed by atoms with Crippen molar-refractivity contribution in [2.75, 3.05) is 26.2 Å². The molecule has 1 aromatic carbocycles. The summed E-state index contributed by atoms with van der Waals surface area (Å²) in [5.41, 5.74) is 1.89. The van der Waals surface area contributed by atoms with Gasteiger partial charge in [0.1, 0.15) is 5.75 Å². The van der Waals surface area contributed by atoms with E-state index in [2.05, 4.69) is 16.5 Å². The zero-order chi connectivity index (χ0) is 17.6. The molecule has 1 saturated heterocycles. The number of carbonyl (C=O) groups excluding carboxylic acids is 2. The van der Waals surface area contributed by atoms with Gasteiger partial charge in [-0.2, -0.15) is 5.10 Å². The van der Waals surface area contributed by atoms with Gasteiger partial charge in [0.25, 0.3) is 5.91 Å². The molecular weight excluding hydrogens is 320 g/mol. The largest absolute Gasteiger partial charge is 0.484 e. The molecule has 7 nitrogen and oxygen atoms in total. The van der Waals surface area contributed by atoms with Crippen LogP contribution in [0.15, 0.2) is 30.6 Å². The number of benzene rings is 1. The second kappa shape index (κ2) is 7.83. The summed E-state index contributed by atoms with van der Waals surface area (Å²) in [5, 5.41) is 6.91. The van der Waals surface area contributed by atoms with Crippen LogP contribution in [0, 0.1) is 6.07 Å². The van der Waals surface area contributed by atoms with Crippen LogP contribution in [0.1, 0.15) is 12.8 Å². The van der Waals surface area contributed by atoms with Crippen LogP contribution in [0.3, 0.4) is 0 Å². The summed E-state index contributed by atoms with van der Waals surface area (Å²) in [6.45, 7) is 1.70. The molecule has 0 unspecified atom stereocenters. The zero-order valence-corrected chi connectivity index (χ0v) is 14.2. The van der Waals surface area contributed by atoms with Crippen LogP contribution >= 0.6 is 0 Å². The van der Waals surface area contributed by atoms with Gasteiger partial charge >= 0.3 is 0 Å². The lowest BCUT2D eigenvalue weighted by molar-refractivity contribution is -0.128. The lowest BCUT2D eigenvalue weighted by Gasteiger charge is -2.15. The monoisotopic (exact) mass is 341 g/mol. The number of amides is 2. The van der Waals surface area contributed by atoms with E-state index >= 15 is 0 Å². The van der Waals surface area contributed by atoms with Crippen molar-refractivity contribution in [2.45, 2.75) is 12.8 Å². The van der Waals surface area contributed by atoms with Crippen molar-refractivity contribution < 1.29 is 14.3 Å². The van der Waals surface area contributed by atoms with Gasteiger partial charge in [-0.25, -0.2) is 0 Å². The molecular formula is C18H21N4O3. The first-order chi connectivity index (χ1) is 12.1. The topological polar surface area (TPSA) is 76.5 Å².